The number of allylic oxidation sites excluding steroid dienone is 1. The molecule has 1 aliphatic rings. The van der Waals surface area contributed by atoms with Gasteiger partial charge in [-0.1, -0.05) is 18.2 Å². The van der Waals surface area contributed by atoms with Gasteiger partial charge >= 0.3 is 0 Å². The normalized spacial score (nSPS) is 15.2. The van der Waals surface area contributed by atoms with E-state index in [0.29, 0.717) is 29.0 Å². The largest absolute Gasteiger partial charge is 0.504 e. The fourth-order valence-electron chi connectivity index (χ4n) is 3.10. The number of nitrogens with one attached hydrogen (secondary N) is 1. The number of hydrogen-bond donors (Lipinski definition) is 2. The van der Waals surface area contributed by atoms with Gasteiger partial charge in [-0.2, -0.15) is 0 Å². The number of rotatable bonds is 6. The van der Waals surface area contributed by atoms with Crippen molar-refractivity contribution in [3.05, 3.63) is 65.8 Å². The summed E-state index contributed by atoms with van der Waals surface area (Å²) in [6.45, 7) is 3.67. The molecule has 0 spiro atoms. The number of carbonyl (C=O) groups excluding carboxylic acids is 2. The standard InChI is InChI=1S/C22H20N2O5S/c1-4-7-14-10-13(12-18(29-3)19(14)25)11-15-20(26)23-22(30)24(21(15)27)16-8-5-6-9-17(16)28-2/h4-6,8-12,25H,1,7H2,2-3H3,(H,23,26,30)/b15-11+. The highest BCUT2D eigenvalue weighted by molar-refractivity contribution is 7.80. The molecule has 3 rings (SSSR count). The highest BCUT2D eigenvalue weighted by Crippen LogP contribution is 2.34. The maximum absolute atomic E-state index is 13.2. The number of benzene rings is 2. The molecule has 2 aromatic carbocycles. The van der Waals surface area contributed by atoms with Crippen molar-refractivity contribution >= 4 is 40.9 Å². The summed E-state index contributed by atoms with van der Waals surface area (Å²) in [4.78, 5) is 27.0. The molecule has 0 aliphatic carbocycles. The second kappa shape index (κ2) is 8.79. The third kappa shape index (κ3) is 3.90. The van der Waals surface area contributed by atoms with Gasteiger partial charge in [-0.3, -0.25) is 14.9 Å². The molecule has 0 saturated carbocycles. The molecular weight excluding hydrogens is 404 g/mol. The molecule has 1 heterocycles. The van der Waals surface area contributed by atoms with Crippen LogP contribution in [0.2, 0.25) is 0 Å². The highest BCUT2D eigenvalue weighted by atomic mass is 32.1. The second-order valence-corrected chi connectivity index (χ2v) is 6.74. The lowest BCUT2D eigenvalue weighted by Crippen LogP contribution is -2.54. The molecule has 1 saturated heterocycles. The monoisotopic (exact) mass is 424 g/mol. The van der Waals surface area contributed by atoms with Crippen LogP contribution in [0.4, 0.5) is 5.69 Å². The van der Waals surface area contributed by atoms with E-state index in [-0.39, 0.29) is 22.2 Å². The molecule has 0 aromatic heterocycles. The fraction of sp³-hybridized carbons (Fsp3) is 0.136. The summed E-state index contributed by atoms with van der Waals surface area (Å²) in [7, 11) is 2.90. The molecule has 0 radical (unpaired) electrons. The van der Waals surface area contributed by atoms with Crippen molar-refractivity contribution in [2.75, 3.05) is 19.1 Å². The quantitative estimate of drug-likeness (QED) is 0.321. The lowest BCUT2D eigenvalue weighted by Gasteiger charge is -2.29. The smallest absolute Gasteiger partial charge is 0.270 e. The number of hydrogen-bond acceptors (Lipinski definition) is 6. The third-order valence-electron chi connectivity index (χ3n) is 4.50. The summed E-state index contributed by atoms with van der Waals surface area (Å²) in [6, 6.07) is 10.1. The topological polar surface area (TPSA) is 88.1 Å². The van der Waals surface area contributed by atoms with Crippen molar-refractivity contribution < 1.29 is 24.2 Å². The SMILES string of the molecule is C=CCc1cc(/C=C2\C(=O)NC(=S)N(c3ccccc3OC)C2=O)cc(OC)c1O. The Morgan fingerprint density at radius 2 is 1.87 bits per heavy atom. The van der Waals surface area contributed by atoms with E-state index in [2.05, 4.69) is 11.9 Å². The van der Waals surface area contributed by atoms with Gasteiger partial charge in [0.05, 0.1) is 19.9 Å². The Kier molecular flexibility index (Phi) is 6.17. The van der Waals surface area contributed by atoms with Crippen molar-refractivity contribution in [3.63, 3.8) is 0 Å². The molecule has 0 unspecified atom stereocenters. The van der Waals surface area contributed by atoms with Crippen LogP contribution >= 0.6 is 12.2 Å². The minimum Gasteiger partial charge on any atom is -0.504 e. The van der Waals surface area contributed by atoms with E-state index in [1.165, 1.54) is 31.3 Å². The van der Waals surface area contributed by atoms with Gasteiger partial charge < -0.3 is 14.6 Å². The molecule has 0 atom stereocenters. The molecule has 2 aromatic rings. The number of phenols is 1. The Morgan fingerprint density at radius 3 is 2.53 bits per heavy atom. The predicted molar refractivity (Wildman–Crippen MR) is 118 cm³/mol. The van der Waals surface area contributed by atoms with Gasteiger partial charge in [-0.05, 0) is 54.5 Å². The number of ether oxygens (including phenoxy) is 2. The molecule has 154 valence electrons. The van der Waals surface area contributed by atoms with Crippen LogP contribution in [0.25, 0.3) is 6.08 Å². The maximum Gasteiger partial charge on any atom is 0.270 e. The summed E-state index contributed by atoms with van der Waals surface area (Å²) in [5, 5.41) is 12.8. The van der Waals surface area contributed by atoms with Crippen molar-refractivity contribution in [2.24, 2.45) is 0 Å². The Balaban J connectivity index is 2.09. The summed E-state index contributed by atoms with van der Waals surface area (Å²) in [5.74, 6) is -0.569. The predicted octanol–water partition coefficient (Wildman–Crippen LogP) is 2.97. The Bertz CT molecular complexity index is 1080. The van der Waals surface area contributed by atoms with Gasteiger partial charge in [0.2, 0.25) is 0 Å². The van der Waals surface area contributed by atoms with E-state index in [9.17, 15) is 14.7 Å². The zero-order chi connectivity index (χ0) is 21.8. The van der Waals surface area contributed by atoms with Crippen LogP contribution in [0.15, 0.2) is 54.6 Å². The minimum atomic E-state index is -0.617. The first-order chi connectivity index (χ1) is 14.4. The number of nitrogens with zero attached hydrogens (tertiary/aromatic N) is 1. The summed E-state index contributed by atoms with van der Waals surface area (Å²) >= 11 is 5.23. The van der Waals surface area contributed by atoms with Crippen molar-refractivity contribution in [1.82, 2.24) is 5.32 Å². The molecule has 8 heteroatoms. The van der Waals surface area contributed by atoms with Gasteiger partial charge in [0, 0.05) is 5.56 Å². The van der Waals surface area contributed by atoms with Gasteiger partial charge in [0.1, 0.15) is 11.3 Å². The number of amides is 2. The molecular formula is C22H20N2O5S. The average molecular weight is 424 g/mol. The third-order valence-corrected chi connectivity index (χ3v) is 4.78. The minimum absolute atomic E-state index is 0.0178. The highest BCUT2D eigenvalue weighted by Gasteiger charge is 2.35. The van der Waals surface area contributed by atoms with Crippen molar-refractivity contribution in [3.8, 4) is 17.2 Å². The van der Waals surface area contributed by atoms with Crippen molar-refractivity contribution in [2.45, 2.75) is 6.42 Å². The van der Waals surface area contributed by atoms with E-state index in [0.717, 1.165) is 0 Å². The molecule has 30 heavy (non-hydrogen) atoms. The molecule has 2 N–H and O–H groups in total. The molecule has 1 aliphatic heterocycles. The van der Waals surface area contributed by atoms with Gasteiger partial charge in [0.15, 0.2) is 16.6 Å². The number of aromatic hydroxyl groups is 1. The summed E-state index contributed by atoms with van der Waals surface area (Å²) in [5.41, 5.74) is 1.35. The summed E-state index contributed by atoms with van der Waals surface area (Å²) in [6.07, 6.45) is 3.44. The zero-order valence-electron chi connectivity index (χ0n) is 16.5. The lowest BCUT2D eigenvalue weighted by atomic mass is 10.0. The van der Waals surface area contributed by atoms with Gasteiger partial charge in [-0.15, -0.1) is 6.58 Å². The van der Waals surface area contributed by atoms with E-state index in [1.54, 1.807) is 36.4 Å². The van der Waals surface area contributed by atoms with E-state index in [1.807, 2.05) is 0 Å². The van der Waals surface area contributed by atoms with Crippen LogP contribution in [-0.2, 0) is 16.0 Å². The molecule has 0 bridgehead atoms. The van der Waals surface area contributed by atoms with Crippen molar-refractivity contribution in [1.29, 1.82) is 0 Å². The van der Waals surface area contributed by atoms with E-state index < -0.39 is 11.8 Å². The van der Waals surface area contributed by atoms with Crippen LogP contribution in [0.3, 0.4) is 0 Å². The summed E-state index contributed by atoms with van der Waals surface area (Å²) < 4.78 is 10.5. The van der Waals surface area contributed by atoms with Gasteiger partial charge in [-0.25, -0.2) is 4.90 Å². The number of anilines is 1. The van der Waals surface area contributed by atoms with Crippen LogP contribution in [0.1, 0.15) is 11.1 Å². The number of para-hydroxylation sites is 2. The molecule has 7 nitrogen and oxygen atoms in total. The van der Waals surface area contributed by atoms with Crippen LogP contribution in [0, 0.1) is 0 Å². The first-order valence-corrected chi connectivity index (χ1v) is 9.37. The van der Waals surface area contributed by atoms with Crippen LogP contribution in [-0.4, -0.2) is 36.3 Å². The maximum atomic E-state index is 13.2. The van der Waals surface area contributed by atoms with E-state index in [4.69, 9.17) is 21.7 Å². The number of methoxy groups -OCH3 is 2. The number of thiocarbonyl (C=S) groups is 1. The fourth-order valence-corrected chi connectivity index (χ4v) is 3.37. The Morgan fingerprint density at radius 1 is 1.17 bits per heavy atom. The Labute approximate surface area is 179 Å². The molecule has 1 fully saturated rings. The van der Waals surface area contributed by atoms with Crippen LogP contribution in [0.5, 0.6) is 17.2 Å². The molecule has 2 amide bonds. The average Bonchev–Trinajstić information content (AvgIpc) is 2.73. The second-order valence-electron chi connectivity index (χ2n) is 6.35. The first-order valence-electron chi connectivity index (χ1n) is 8.96. The lowest BCUT2D eigenvalue weighted by molar-refractivity contribution is -0.122. The first kappa shape index (κ1) is 21.1. The van der Waals surface area contributed by atoms with Gasteiger partial charge in [0.25, 0.3) is 11.8 Å². The zero-order valence-corrected chi connectivity index (χ0v) is 17.3. The number of phenolic OH excluding ortho intramolecular Hbond substituents is 1. The van der Waals surface area contributed by atoms with Crippen LogP contribution < -0.4 is 19.7 Å². The van der Waals surface area contributed by atoms with E-state index >= 15 is 0 Å². The number of carbonyl (C=O) groups is 2. The Hall–Kier alpha value is -3.65.